The second kappa shape index (κ2) is 7.85. The van der Waals surface area contributed by atoms with E-state index in [1.54, 1.807) is 6.20 Å². The fourth-order valence-corrected chi connectivity index (χ4v) is 3.36. The van der Waals surface area contributed by atoms with Crippen molar-refractivity contribution in [3.63, 3.8) is 0 Å². The summed E-state index contributed by atoms with van der Waals surface area (Å²) in [4.78, 5) is 13.7. The van der Waals surface area contributed by atoms with Crippen molar-refractivity contribution < 1.29 is 0 Å². The summed E-state index contributed by atoms with van der Waals surface area (Å²) in [6.07, 6.45) is 3.46. The molecule has 28 heavy (non-hydrogen) atoms. The van der Waals surface area contributed by atoms with Gasteiger partial charge in [0.2, 0.25) is 5.95 Å². The average Bonchev–Trinajstić information content (AvgIpc) is 3.32. The molecule has 8 nitrogen and oxygen atoms in total. The number of fused-ring (bicyclic) bond motifs is 1. The van der Waals surface area contributed by atoms with Crippen LogP contribution in [0.4, 0.5) is 11.8 Å². The van der Waals surface area contributed by atoms with Crippen molar-refractivity contribution in [3.8, 4) is 11.5 Å². The van der Waals surface area contributed by atoms with E-state index in [2.05, 4.69) is 37.4 Å². The van der Waals surface area contributed by atoms with Gasteiger partial charge in [-0.1, -0.05) is 36.7 Å². The third-order valence-electron chi connectivity index (χ3n) is 4.43. The van der Waals surface area contributed by atoms with Gasteiger partial charge in [-0.2, -0.15) is 15.1 Å². The number of benzene rings is 1. The smallest absolute Gasteiger partial charge is 0.226 e. The second-order valence-corrected chi connectivity index (χ2v) is 6.83. The van der Waals surface area contributed by atoms with E-state index in [4.69, 9.17) is 17.3 Å². The number of nitrogen functional groups attached to an aromatic ring is 1. The first-order valence-electron chi connectivity index (χ1n) is 9.18. The summed E-state index contributed by atoms with van der Waals surface area (Å²) in [5.41, 5.74) is 9.29. The minimum Gasteiger partial charge on any atom is -0.382 e. The lowest BCUT2D eigenvalue weighted by molar-refractivity contribution is 0.696. The number of nitrogens with one attached hydrogen (secondary N) is 2. The van der Waals surface area contributed by atoms with Crippen LogP contribution in [0.1, 0.15) is 18.9 Å². The Morgan fingerprint density at radius 2 is 2.04 bits per heavy atom. The van der Waals surface area contributed by atoms with Crippen LogP contribution in [0.25, 0.3) is 22.7 Å². The number of nitrogens with zero attached hydrogens (tertiary/aromatic N) is 5. The fourth-order valence-electron chi connectivity index (χ4n) is 3.13. The standard InChI is InChI=1S/C19H21ClN8/c1-2-11-28-17(14-8-10-23-27-14)24-15-16(21)25-19(26-18(15)28)22-9-7-12-5-3-4-6-13(12)20/h3-6,8,10H,2,7,9,11H2,1H3,(H,23,27)(H3,21,22,25,26). The Balaban J connectivity index is 1.63. The molecule has 3 heterocycles. The molecule has 0 unspecified atom stereocenters. The Hall–Kier alpha value is -3.13. The van der Waals surface area contributed by atoms with E-state index in [9.17, 15) is 0 Å². The Morgan fingerprint density at radius 3 is 2.79 bits per heavy atom. The predicted molar refractivity (Wildman–Crippen MR) is 111 cm³/mol. The van der Waals surface area contributed by atoms with E-state index >= 15 is 0 Å². The molecule has 1 aromatic carbocycles. The van der Waals surface area contributed by atoms with Gasteiger partial charge in [-0.15, -0.1) is 0 Å². The van der Waals surface area contributed by atoms with Crippen LogP contribution in [0.2, 0.25) is 5.02 Å². The highest BCUT2D eigenvalue weighted by molar-refractivity contribution is 6.31. The number of nitrogens with two attached hydrogens (primary N) is 1. The van der Waals surface area contributed by atoms with Crippen LogP contribution in [0.3, 0.4) is 0 Å². The normalized spacial score (nSPS) is 11.2. The number of H-pyrrole nitrogens is 1. The summed E-state index contributed by atoms with van der Waals surface area (Å²) in [5, 5.41) is 11.1. The molecule has 0 saturated heterocycles. The van der Waals surface area contributed by atoms with E-state index in [-0.39, 0.29) is 0 Å². The second-order valence-electron chi connectivity index (χ2n) is 6.42. The highest BCUT2D eigenvalue weighted by Gasteiger charge is 2.18. The molecular formula is C19H21ClN8. The van der Waals surface area contributed by atoms with E-state index in [0.717, 1.165) is 41.5 Å². The molecule has 0 aliphatic carbocycles. The van der Waals surface area contributed by atoms with Gasteiger partial charge in [0.05, 0.1) is 0 Å². The van der Waals surface area contributed by atoms with Crippen molar-refractivity contribution in [3.05, 3.63) is 47.1 Å². The summed E-state index contributed by atoms with van der Waals surface area (Å²) >= 11 is 6.22. The van der Waals surface area contributed by atoms with E-state index in [1.165, 1.54) is 0 Å². The summed E-state index contributed by atoms with van der Waals surface area (Å²) in [7, 11) is 0. The topological polar surface area (TPSA) is 110 Å². The van der Waals surface area contributed by atoms with Gasteiger partial charge in [0.15, 0.2) is 22.8 Å². The molecule has 4 rings (SSSR count). The number of aromatic amines is 1. The van der Waals surface area contributed by atoms with Gasteiger partial charge >= 0.3 is 0 Å². The van der Waals surface area contributed by atoms with E-state index in [0.29, 0.717) is 29.5 Å². The van der Waals surface area contributed by atoms with Crippen molar-refractivity contribution in [2.24, 2.45) is 0 Å². The Morgan fingerprint density at radius 1 is 1.18 bits per heavy atom. The third kappa shape index (κ3) is 3.50. The van der Waals surface area contributed by atoms with Crippen LogP contribution in [0.15, 0.2) is 36.5 Å². The lowest BCUT2D eigenvalue weighted by Gasteiger charge is -2.09. The van der Waals surface area contributed by atoms with Crippen LogP contribution >= 0.6 is 11.6 Å². The van der Waals surface area contributed by atoms with Gasteiger partial charge in [0, 0.05) is 24.3 Å². The quantitative estimate of drug-likeness (QED) is 0.441. The van der Waals surface area contributed by atoms with Crippen molar-refractivity contribution in [2.75, 3.05) is 17.6 Å². The van der Waals surface area contributed by atoms with Crippen molar-refractivity contribution in [1.29, 1.82) is 0 Å². The zero-order chi connectivity index (χ0) is 19.5. The monoisotopic (exact) mass is 396 g/mol. The van der Waals surface area contributed by atoms with Crippen LogP contribution in [-0.4, -0.2) is 36.3 Å². The SMILES string of the molecule is CCCn1c(-c2cc[nH]n2)nc2c(N)nc(NCCc3ccccc3Cl)nc21. The molecule has 4 N–H and O–H groups in total. The minimum atomic E-state index is 0.344. The molecule has 0 bridgehead atoms. The Bertz CT molecular complexity index is 1090. The summed E-state index contributed by atoms with van der Waals surface area (Å²) < 4.78 is 2.03. The molecule has 4 aromatic rings. The van der Waals surface area contributed by atoms with Crippen LogP contribution in [0, 0.1) is 0 Å². The Kier molecular flexibility index (Phi) is 5.12. The number of anilines is 2. The first-order chi connectivity index (χ1) is 13.7. The molecule has 0 aliphatic heterocycles. The molecule has 0 atom stereocenters. The average molecular weight is 397 g/mol. The third-order valence-corrected chi connectivity index (χ3v) is 4.80. The minimum absolute atomic E-state index is 0.344. The predicted octanol–water partition coefficient (Wildman–Crippen LogP) is 3.52. The lowest BCUT2D eigenvalue weighted by atomic mass is 10.1. The van der Waals surface area contributed by atoms with Crippen LogP contribution in [0.5, 0.6) is 0 Å². The lowest BCUT2D eigenvalue weighted by Crippen LogP contribution is -2.10. The number of halogens is 1. The molecule has 0 amide bonds. The molecule has 9 heteroatoms. The number of hydrogen-bond donors (Lipinski definition) is 3. The summed E-state index contributed by atoms with van der Waals surface area (Å²) in [6, 6.07) is 9.66. The molecule has 0 fully saturated rings. The van der Waals surface area contributed by atoms with Crippen LogP contribution in [-0.2, 0) is 13.0 Å². The maximum absolute atomic E-state index is 6.22. The number of aryl methyl sites for hydroxylation is 1. The number of rotatable bonds is 7. The largest absolute Gasteiger partial charge is 0.382 e. The summed E-state index contributed by atoms with van der Waals surface area (Å²) in [6.45, 7) is 3.50. The van der Waals surface area contributed by atoms with Crippen molar-refractivity contribution in [2.45, 2.75) is 26.3 Å². The van der Waals surface area contributed by atoms with Gasteiger partial charge < -0.3 is 15.6 Å². The number of aromatic nitrogens is 6. The first-order valence-corrected chi connectivity index (χ1v) is 9.56. The molecule has 0 saturated carbocycles. The van der Waals surface area contributed by atoms with Gasteiger partial charge in [0.25, 0.3) is 0 Å². The van der Waals surface area contributed by atoms with Gasteiger partial charge in [-0.05, 0) is 30.5 Å². The molecule has 144 valence electrons. The first kappa shape index (κ1) is 18.2. The summed E-state index contributed by atoms with van der Waals surface area (Å²) in [5.74, 6) is 1.55. The zero-order valence-corrected chi connectivity index (χ0v) is 16.2. The number of hydrogen-bond acceptors (Lipinski definition) is 6. The highest BCUT2D eigenvalue weighted by atomic mass is 35.5. The van der Waals surface area contributed by atoms with Gasteiger partial charge in [-0.25, -0.2) is 4.98 Å². The Labute approximate surface area is 167 Å². The van der Waals surface area contributed by atoms with Crippen molar-refractivity contribution >= 4 is 34.5 Å². The fraction of sp³-hybridized carbons (Fsp3) is 0.263. The molecular weight excluding hydrogens is 376 g/mol. The molecule has 0 radical (unpaired) electrons. The number of imidazole rings is 1. The highest BCUT2D eigenvalue weighted by Crippen LogP contribution is 2.26. The zero-order valence-electron chi connectivity index (χ0n) is 15.5. The maximum Gasteiger partial charge on any atom is 0.226 e. The molecule has 0 spiro atoms. The van der Waals surface area contributed by atoms with Gasteiger partial charge in [0.1, 0.15) is 5.69 Å². The van der Waals surface area contributed by atoms with E-state index in [1.807, 2.05) is 34.9 Å². The molecule has 0 aliphatic rings. The maximum atomic E-state index is 6.22. The molecule has 3 aromatic heterocycles. The van der Waals surface area contributed by atoms with Gasteiger partial charge in [-0.3, -0.25) is 5.10 Å². The van der Waals surface area contributed by atoms with Crippen molar-refractivity contribution in [1.82, 2.24) is 29.7 Å². The van der Waals surface area contributed by atoms with Crippen LogP contribution < -0.4 is 11.1 Å². The van der Waals surface area contributed by atoms with E-state index < -0.39 is 0 Å².